The molecule has 1 aliphatic rings. The number of nitrogens with zero attached hydrogens (tertiary/aromatic N) is 4. The topological polar surface area (TPSA) is 50.6 Å². The Morgan fingerprint density at radius 2 is 1.91 bits per heavy atom. The SMILES string of the molecule is COc1cc(C=CC(=O)N2CCN(Cc3ccc(F)cc3F)CC2)ccc1-n1cnc(C)c1. The molecule has 3 aromatic rings. The van der Waals surface area contributed by atoms with Crippen molar-refractivity contribution in [1.82, 2.24) is 19.4 Å². The van der Waals surface area contributed by atoms with Crippen LogP contribution >= 0.6 is 0 Å². The van der Waals surface area contributed by atoms with Crippen LogP contribution in [0.4, 0.5) is 8.78 Å². The predicted molar refractivity (Wildman–Crippen MR) is 122 cm³/mol. The first-order valence-corrected chi connectivity index (χ1v) is 10.7. The molecule has 1 aromatic heterocycles. The third kappa shape index (κ3) is 5.46. The molecule has 0 aliphatic carbocycles. The summed E-state index contributed by atoms with van der Waals surface area (Å²) in [5, 5.41) is 0. The van der Waals surface area contributed by atoms with E-state index in [9.17, 15) is 13.6 Å². The predicted octanol–water partition coefficient (Wildman–Crippen LogP) is 3.83. The molecule has 0 unspecified atom stereocenters. The molecular formula is C25H26F2N4O2. The molecule has 0 saturated carbocycles. The number of ether oxygens (including phenoxy) is 1. The number of imidazole rings is 1. The second kappa shape index (κ2) is 9.95. The number of aryl methyl sites for hydroxylation is 1. The van der Waals surface area contributed by atoms with Gasteiger partial charge in [-0.1, -0.05) is 12.1 Å². The van der Waals surface area contributed by atoms with Crippen LogP contribution in [0.5, 0.6) is 5.75 Å². The lowest BCUT2D eigenvalue weighted by molar-refractivity contribution is -0.127. The van der Waals surface area contributed by atoms with Gasteiger partial charge in [0.1, 0.15) is 17.4 Å². The Labute approximate surface area is 191 Å². The van der Waals surface area contributed by atoms with Crippen molar-refractivity contribution in [1.29, 1.82) is 0 Å². The number of benzene rings is 2. The Kier molecular flexibility index (Phi) is 6.84. The van der Waals surface area contributed by atoms with Gasteiger partial charge < -0.3 is 14.2 Å². The Morgan fingerprint density at radius 3 is 2.58 bits per heavy atom. The molecule has 1 saturated heterocycles. The summed E-state index contributed by atoms with van der Waals surface area (Å²) in [5.41, 5.74) is 3.09. The van der Waals surface area contributed by atoms with Gasteiger partial charge in [-0.3, -0.25) is 9.69 Å². The zero-order valence-corrected chi connectivity index (χ0v) is 18.7. The molecule has 2 heterocycles. The highest BCUT2D eigenvalue weighted by Crippen LogP contribution is 2.25. The standard InChI is InChI=1S/C25H26F2N4O2/c1-18-15-31(17-28-18)23-7-3-19(13-24(23)33-2)4-8-25(32)30-11-9-29(10-12-30)16-20-5-6-21(26)14-22(20)27/h3-8,13-15,17H,9-12,16H2,1-2H3. The van der Waals surface area contributed by atoms with Gasteiger partial charge in [0.15, 0.2) is 0 Å². The minimum absolute atomic E-state index is 0.0732. The quantitative estimate of drug-likeness (QED) is 0.534. The van der Waals surface area contributed by atoms with Crippen LogP contribution < -0.4 is 4.74 Å². The minimum atomic E-state index is -0.581. The number of rotatable bonds is 6. The molecule has 172 valence electrons. The van der Waals surface area contributed by atoms with Crippen LogP contribution in [0.3, 0.4) is 0 Å². The Hall–Kier alpha value is -3.52. The molecule has 2 aromatic carbocycles. The molecule has 8 heteroatoms. The van der Waals surface area contributed by atoms with Gasteiger partial charge >= 0.3 is 0 Å². The number of halogens is 2. The summed E-state index contributed by atoms with van der Waals surface area (Å²) in [6.45, 7) is 4.67. The van der Waals surface area contributed by atoms with Crippen molar-refractivity contribution in [2.45, 2.75) is 13.5 Å². The molecule has 0 atom stereocenters. The smallest absolute Gasteiger partial charge is 0.246 e. The molecule has 0 bridgehead atoms. The number of hydrogen-bond acceptors (Lipinski definition) is 4. The van der Waals surface area contributed by atoms with Crippen LogP contribution in [0.2, 0.25) is 0 Å². The van der Waals surface area contributed by atoms with Crippen LogP contribution in [-0.4, -0.2) is 58.5 Å². The molecule has 6 nitrogen and oxygen atoms in total. The summed E-state index contributed by atoms with van der Waals surface area (Å²) in [6.07, 6.45) is 6.98. The summed E-state index contributed by atoms with van der Waals surface area (Å²) >= 11 is 0. The maximum atomic E-state index is 13.9. The van der Waals surface area contributed by atoms with Crippen LogP contribution in [0.15, 0.2) is 55.0 Å². The van der Waals surface area contributed by atoms with E-state index in [4.69, 9.17) is 4.74 Å². The third-order valence-corrected chi connectivity index (χ3v) is 5.71. The Bertz CT molecular complexity index is 1170. The van der Waals surface area contributed by atoms with Crippen LogP contribution in [0.1, 0.15) is 16.8 Å². The van der Waals surface area contributed by atoms with E-state index in [1.165, 1.54) is 12.1 Å². The number of aromatic nitrogens is 2. The van der Waals surface area contributed by atoms with Gasteiger partial charge in [-0.2, -0.15) is 0 Å². The van der Waals surface area contributed by atoms with Gasteiger partial charge in [-0.05, 0) is 36.8 Å². The van der Waals surface area contributed by atoms with E-state index in [0.717, 1.165) is 23.0 Å². The molecule has 33 heavy (non-hydrogen) atoms. The number of piperazine rings is 1. The number of carbonyl (C=O) groups excluding carboxylic acids is 1. The number of methoxy groups -OCH3 is 1. The first kappa shape index (κ1) is 22.7. The fourth-order valence-corrected chi connectivity index (χ4v) is 3.85. The third-order valence-electron chi connectivity index (χ3n) is 5.71. The van der Waals surface area contributed by atoms with Crippen LogP contribution in [-0.2, 0) is 11.3 Å². The average molecular weight is 453 g/mol. The van der Waals surface area contributed by atoms with Gasteiger partial charge in [0, 0.05) is 56.6 Å². The van der Waals surface area contributed by atoms with Gasteiger partial charge in [0.2, 0.25) is 5.91 Å². The second-order valence-electron chi connectivity index (χ2n) is 8.02. The van der Waals surface area contributed by atoms with E-state index in [0.29, 0.717) is 44.0 Å². The van der Waals surface area contributed by atoms with E-state index < -0.39 is 11.6 Å². The number of carbonyl (C=O) groups is 1. The van der Waals surface area contributed by atoms with E-state index in [1.54, 1.807) is 30.5 Å². The van der Waals surface area contributed by atoms with Crippen molar-refractivity contribution in [3.05, 3.63) is 83.5 Å². The van der Waals surface area contributed by atoms with E-state index >= 15 is 0 Å². The van der Waals surface area contributed by atoms with Gasteiger partial charge in [0.05, 0.1) is 24.8 Å². The van der Waals surface area contributed by atoms with Crippen LogP contribution in [0, 0.1) is 18.6 Å². The van der Waals surface area contributed by atoms with E-state index in [2.05, 4.69) is 9.88 Å². The molecule has 4 rings (SSSR count). The van der Waals surface area contributed by atoms with Crippen molar-refractivity contribution >= 4 is 12.0 Å². The molecular weight excluding hydrogens is 426 g/mol. The zero-order valence-electron chi connectivity index (χ0n) is 18.7. The minimum Gasteiger partial charge on any atom is -0.495 e. The van der Waals surface area contributed by atoms with Gasteiger partial charge in [-0.15, -0.1) is 0 Å². The highest BCUT2D eigenvalue weighted by Gasteiger charge is 2.20. The summed E-state index contributed by atoms with van der Waals surface area (Å²) in [4.78, 5) is 20.7. The zero-order chi connectivity index (χ0) is 23.4. The van der Waals surface area contributed by atoms with Crippen molar-refractivity contribution < 1.29 is 18.3 Å². The van der Waals surface area contributed by atoms with Crippen molar-refractivity contribution in [2.75, 3.05) is 33.3 Å². The normalized spacial score (nSPS) is 14.7. The summed E-state index contributed by atoms with van der Waals surface area (Å²) in [5.74, 6) is -0.511. The first-order chi connectivity index (χ1) is 15.9. The lowest BCUT2D eigenvalue weighted by Crippen LogP contribution is -2.47. The largest absolute Gasteiger partial charge is 0.495 e. The molecule has 0 N–H and O–H groups in total. The van der Waals surface area contributed by atoms with Gasteiger partial charge in [0.25, 0.3) is 0 Å². The summed E-state index contributed by atoms with van der Waals surface area (Å²) < 4.78 is 34.4. The molecule has 0 spiro atoms. The van der Waals surface area contributed by atoms with Crippen LogP contribution in [0.25, 0.3) is 11.8 Å². The number of amides is 1. The van der Waals surface area contributed by atoms with Crippen molar-refractivity contribution in [3.8, 4) is 11.4 Å². The van der Waals surface area contributed by atoms with Crippen molar-refractivity contribution in [3.63, 3.8) is 0 Å². The second-order valence-corrected chi connectivity index (χ2v) is 8.02. The maximum Gasteiger partial charge on any atom is 0.246 e. The Morgan fingerprint density at radius 1 is 1.12 bits per heavy atom. The maximum absolute atomic E-state index is 13.9. The average Bonchev–Trinajstić information content (AvgIpc) is 3.25. The highest BCUT2D eigenvalue weighted by atomic mass is 19.1. The van der Waals surface area contributed by atoms with E-state index in [1.807, 2.05) is 35.9 Å². The lowest BCUT2D eigenvalue weighted by Gasteiger charge is -2.34. The monoisotopic (exact) mass is 452 g/mol. The molecule has 0 radical (unpaired) electrons. The van der Waals surface area contributed by atoms with E-state index in [-0.39, 0.29) is 5.91 Å². The molecule has 1 amide bonds. The van der Waals surface area contributed by atoms with Crippen molar-refractivity contribution in [2.24, 2.45) is 0 Å². The summed E-state index contributed by atoms with van der Waals surface area (Å²) in [7, 11) is 1.61. The fraction of sp³-hybridized carbons (Fsp3) is 0.280. The molecule has 1 aliphatic heterocycles. The number of hydrogen-bond donors (Lipinski definition) is 0. The fourth-order valence-electron chi connectivity index (χ4n) is 3.85. The highest BCUT2D eigenvalue weighted by molar-refractivity contribution is 5.92. The Balaban J connectivity index is 1.34. The summed E-state index contributed by atoms with van der Waals surface area (Å²) in [6, 6.07) is 9.37. The lowest BCUT2D eigenvalue weighted by atomic mass is 10.1. The molecule has 1 fully saturated rings. The first-order valence-electron chi connectivity index (χ1n) is 10.7. The van der Waals surface area contributed by atoms with Gasteiger partial charge in [-0.25, -0.2) is 13.8 Å².